The van der Waals surface area contributed by atoms with Crippen LogP contribution >= 0.6 is 0 Å². The molecule has 1 atom stereocenters. The van der Waals surface area contributed by atoms with E-state index in [-0.39, 0.29) is 6.42 Å². The topological polar surface area (TPSA) is 63.6 Å². The second kappa shape index (κ2) is 4.26. The van der Waals surface area contributed by atoms with Gasteiger partial charge >= 0.3 is 11.9 Å². The van der Waals surface area contributed by atoms with E-state index < -0.39 is 17.4 Å². The van der Waals surface area contributed by atoms with Gasteiger partial charge in [-0.15, -0.1) is 0 Å². The van der Waals surface area contributed by atoms with Crippen LogP contribution in [0.5, 0.6) is 0 Å². The first-order valence-corrected chi connectivity index (χ1v) is 4.65. The van der Waals surface area contributed by atoms with Crippen molar-refractivity contribution < 1.29 is 19.4 Å². The minimum Gasteiger partial charge on any atom is -0.480 e. The van der Waals surface area contributed by atoms with Crippen LogP contribution in [0.25, 0.3) is 0 Å². The smallest absolute Gasteiger partial charge is 0.323 e. The monoisotopic (exact) mass is 198 g/mol. The predicted molar refractivity (Wildman–Crippen MR) is 49.7 cm³/mol. The quantitative estimate of drug-likeness (QED) is 0.422. The van der Waals surface area contributed by atoms with Gasteiger partial charge in [0.2, 0.25) is 0 Å². The SMILES string of the molecule is C/C=C/C[C@@]1(C(=O)O)CCCOC1=O. The highest BCUT2D eigenvalue weighted by molar-refractivity contribution is 5.99. The van der Waals surface area contributed by atoms with E-state index in [4.69, 9.17) is 9.84 Å². The van der Waals surface area contributed by atoms with Crippen LogP contribution in [0.1, 0.15) is 26.2 Å². The summed E-state index contributed by atoms with van der Waals surface area (Å²) in [5, 5.41) is 9.05. The van der Waals surface area contributed by atoms with Crippen LogP contribution in [0.2, 0.25) is 0 Å². The van der Waals surface area contributed by atoms with Gasteiger partial charge in [0.05, 0.1) is 6.61 Å². The molecule has 0 aromatic rings. The molecule has 0 unspecified atom stereocenters. The molecule has 1 aliphatic rings. The Hall–Kier alpha value is -1.32. The zero-order chi connectivity index (χ0) is 10.6. The molecule has 1 saturated heterocycles. The van der Waals surface area contributed by atoms with Gasteiger partial charge < -0.3 is 9.84 Å². The number of carbonyl (C=O) groups excluding carboxylic acids is 1. The molecule has 0 aromatic carbocycles. The minimum absolute atomic E-state index is 0.220. The molecular weight excluding hydrogens is 184 g/mol. The van der Waals surface area contributed by atoms with Gasteiger partial charge in [0.1, 0.15) is 0 Å². The number of hydrogen-bond donors (Lipinski definition) is 1. The molecule has 14 heavy (non-hydrogen) atoms. The average Bonchev–Trinajstić information content (AvgIpc) is 2.16. The lowest BCUT2D eigenvalue weighted by Crippen LogP contribution is -2.43. The number of hydrogen-bond acceptors (Lipinski definition) is 3. The molecule has 0 saturated carbocycles. The van der Waals surface area contributed by atoms with Gasteiger partial charge in [-0.2, -0.15) is 0 Å². The second-order valence-electron chi connectivity index (χ2n) is 3.40. The van der Waals surface area contributed by atoms with Gasteiger partial charge in [-0.25, -0.2) is 0 Å². The van der Waals surface area contributed by atoms with Crippen LogP contribution in [0.3, 0.4) is 0 Å². The maximum absolute atomic E-state index is 11.4. The number of aliphatic carboxylic acids is 1. The van der Waals surface area contributed by atoms with E-state index in [9.17, 15) is 9.59 Å². The van der Waals surface area contributed by atoms with Gasteiger partial charge in [0, 0.05) is 0 Å². The Morgan fingerprint density at radius 2 is 2.43 bits per heavy atom. The highest BCUT2D eigenvalue weighted by Gasteiger charge is 2.48. The van der Waals surface area contributed by atoms with Crippen molar-refractivity contribution in [1.82, 2.24) is 0 Å². The number of carboxylic acid groups (broad SMARTS) is 1. The summed E-state index contributed by atoms with van der Waals surface area (Å²) in [6.45, 7) is 2.13. The van der Waals surface area contributed by atoms with Gasteiger partial charge in [-0.1, -0.05) is 12.2 Å². The number of ether oxygens (including phenoxy) is 1. The molecule has 1 aliphatic heterocycles. The van der Waals surface area contributed by atoms with Crippen LogP contribution in [0.15, 0.2) is 12.2 Å². The zero-order valence-corrected chi connectivity index (χ0v) is 8.16. The molecule has 78 valence electrons. The van der Waals surface area contributed by atoms with Gasteiger partial charge in [0.15, 0.2) is 5.41 Å². The number of carboxylic acids is 1. The number of carbonyl (C=O) groups is 2. The van der Waals surface area contributed by atoms with E-state index in [0.717, 1.165) is 0 Å². The Bertz CT molecular complexity index is 269. The molecule has 0 aromatic heterocycles. The van der Waals surface area contributed by atoms with Crippen molar-refractivity contribution in [3.63, 3.8) is 0 Å². The van der Waals surface area contributed by atoms with E-state index >= 15 is 0 Å². The summed E-state index contributed by atoms with van der Waals surface area (Å²) in [7, 11) is 0. The lowest BCUT2D eigenvalue weighted by atomic mass is 9.78. The summed E-state index contributed by atoms with van der Waals surface area (Å²) in [5.74, 6) is -1.69. The van der Waals surface area contributed by atoms with Crippen LogP contribution in [0, 0.1) is 5.41 Å². The van der Waals surface area contributed by atoms with Crippen molar-refractivity contribution in [1.29, 1.82) is 0 Å². The normalized spacial score (nSPS) is 27.6. The molecule has 4 nitrogen and oxygen atoms in total. The summed E-state index contributed by atoms with van der Waals surface area (Å²) >= 11 is 0. The van der Waals surface area contributed by atoms with Gasteiger partial charge in [0.25, 0.3) is 0 Å². The summed E-state index contributed by atoms with van der Waals surface area (Å²) in [4.78, 5) is 22.5. The maximum atomic E-state index is 11.4. The fourth-order valence-electron chi connectivity index (χ4n) is 1.57. The molecule has 1 rings (SSSR count). The second-order valence-corrected chi connectivity index (χ2v) is 3.40. The highest BCUT2D eigenvalue weighted by Crippen LogP contribution is 2.34. The summed E-state index contributed by atoms with van der Waals surface area (Å²) in [5.41, 5.74) is -1.34. The molecule has 0 amide bonds. The predicted octanol–water partition coefficient (Wildman–Crippen LogP) is 1.36. The van der Waals surface area contributed by atoms with Crippen molar-refractivity contribution in [2.24, 2.45) is 5.41 Å². The van der Waals surface area contributed by atoms with Crippen LogP contribution in [-0.4, -0.2) is 23.7 Å². The largest absolute Gasteiger partial charge is 0.480 e. The Morgan fingerprint density at radius 1 is 1.71 bits per heavy atom. The Morgan fingerprint density at radius 3 is 2.93 bits per heavy atom. The lowest BCUT2D eigenvalue weighted by Gasteiger charge is -2.29. The van der Waals surface area contributed by atoms with Crippen molar-refractivity contribution in [3.8, 4) is 0 Å². The van der Waals surface area contributed by atoms with Crippen LogP contribution in [-0.2, 0) is 14.3 Å². The number of allylic oxidation sites excluding steroid dienone is 2. The molecule has 1 fully saturated rings. The lowest BCUT2D eigenvalue weighted by molar-refractivity contribution is -0.174. The molecule has 0 aliphatic carbocycles. The average molecular weight is 198 g/mol. The molecule has 1 N–H and O–H groups in total. The van der Waals surface area contributed by atoms with E-state index in [0.29, 0.717) is 19.4 Å². The third-order valence-electron chi connectivity index (χ3n) is 2.48. The molecule has 0 radical (unpaired) electrons. The first-order valence-electron chi connectivity index (χ1n) is 4.65. The maximum Gasteiger partial charge on any atom is 0.323 e. The van der Waals surface area contributed by atoms with Gasteiger partial charge in [-0.3, -0.25) is 9.59 Å². The third kappa shape index (κ3) is 1.78. The van der Waals surface area contributed by atoms with E-state index in [2.05, 4.69) is 0 Å². The Labute approximate surface area is 82.6 Å². The first kappa shape index (κ1) is 10.8. The Balaban J connectivity index is 2.89. The van der Waals surface area contributed by atoms with Crippen LogP contribution in [0.4, 0.5) is 0 Å². The zero-order valence-electron chi connectivity index (χ0n) is 8.16. The summed E-state index contributed by atoms with van der Waals surface area (Å²) in [6.07, 6.45) is 4.64. The Kier molecular flexibility index (Phi) is 3.28. The molecule has 0 spiro atoms. The standard InChI is InChI=1S/C10H14O4/c1-2-3-5-10(8(11)12)6-4-7-14-9(10)13/h2-3H,4-7H2,1H3,(H,11,12)/b3-2+/t10-/m0/s1. The molecule has 4 heteroatoms. The van der Waals surface area contributed by atoms with Crippen molar-refractivity contribution in [3.05, 3.63) is 12.2 Å². The fourth-order valence-corrected chi connectivity index (χ4v) is 1.57. The number of cyclic esters (lactones) is 1. The molecule has 0 bridgehead atoms. The van der Waals surface area contributed by atoms with E-state index in [1.165, 1.54) is 0 Å². The number of rotatable bonds is 3. The van der Waals surface area contributed by atoms with Crippen molar-refractivity contribution in [2.45, 2.75) is 26.2 Å². The fraction of sp³-hybridized carbons (Fsp3) is 0.600. The van der Waals surface area contributed by atoms with Gasteiger partial charge in [-0.05, 0) is 26.2 Å². The molecule has 1 heterocycles. The highest BCUT2D eigenvalue weighted by atomic mass is 16.5. The van der Waals surface area contributed by atoms with E-state index in [1.54, 1.807) is 19.1 Å². The van der Waals surface area contributed by atoms with Crippen molar-refractivity contribution in [2.75, 3.05) is 6.61 Å². The minimum atomic E-state index is -1.34. The molecular formula is C10H14O4. The summed E-state index contributed by atoms with van der Waals surface area (Å²) in [6, 6.07) is 0. The summed E-state index contributed by atoms with van der Waals surface area (Å²) < 4.78 is 4.80. The number of esters is 1. The van der Waals surface area contributed by atoms with Crippen LogP contribution < -0.4 is 0 Å². The van der Waals surface area contributed by atoms with E-state index in [1.807, 2.05) is 0 Å². The first-order chi connectivity index (χ1) is 6.63. The third-order valence-corrected chi connectivity index (χ3v) is 2.48. The van der Waals surface area contributed by atoms with Crippen molar-refractivity contribution >= 4 is 11.9 Å².